The van der Waals surface area contributed by atoms with Crippen molar-refractivity contribution in [3.05, 3.63) is 63.6 Å². The molecule has 0 aliphatic carbocycles. The monoisotopic (exact) mass is 297 g/mol. The highest BCUT2D eigenvalue weighted by Gasteiger charge is 2.22. The molecule has 0 bridgehead atoms. The summed E-state index contributed by atoms with van der Waals surface area (Å²) in [7, 11) is 0. The fourth-order valence-corrected chi connectivity index (χ4v) is 2.65. The second kappa shape index (κ2) is 5.14. The average Bonchev–Trinajstić information content (AvgIpc) is 2.87. The Balaban J connectivity index is 2.31. The number of hydrogen-bond donors (Lipinski definition) is 2. The number of benzene rings is 1. The van der Waals surface area contributed by atoms with Crippen molar-refractivity contribution in [2.45, 2.75) is 19.9 Å². The molecule has 6 nitrogen and oxygen atoms in total. The fourth-order valence-electron chi connectivity index (χ4n) is 2.65. The van der Waals surface area contributed by atoms with E-state index in [0.717, 1.165) is 5.56 Å². The van der Waals surface area contributed by atoms with Gasteiger partial charge >= 0.3 is 5.97 Å². The zero-order valence-electron chi connectivity index (χ0n) is 12.2. The molecule has 2 heterocycles. The molecular weight excluding hydrogens is 282 g/mol. The number of carboxylic acids is 1. The highest BCUT2D eigenvalue weighted by molar-refractivity contribution is 6.01. The number of carbonyl (C=O) groups is 1. The minimum Gasteiger partial charge on any atom is -0.476 e. The first-order chi connectivity index (χ1) is 10.5. The Bertz CT molecular complexity index is 910. The van der Waals surface area contributed by atoms with Crippen LogP contribution in [0.3, 0.4) is 0 Å². The van der Waals surface area contributed by atoms with Crippen molar-refractivity contribution >= 4 is 17.0 Å². The Morgan fingerprint density at radius 3 is 2.64 bits per heavy atom. The summed E-state index contributed by atoms with van der Waals surface area (Å²) < 4.78 is 1.56. The molecule has 0 aliphatic heterocycles. The lowest BCUT2D eigenvalue weighted by Gasteiger charge is -2.13. The maximum Gasteiger partial charge on any atom is 0.357 e. The lowest BCUT2D eigenvalue weighted by molar-refractivity contribution is 0.0691. The molecule has 1 aromatic carbocycles. The maximum atomic E-state index is 11.8. The zero-order valence-corrected chi connectivity index (χ0v) is 12.2. The molecule has 2 aromatic heterocycles. The minimum absolute atomic E-state index is 0.0495. The van der Waals surface area contributed by atoms with Gasteiger partial charge in [-0.1, -0.05) is 30.3 Å². The summed E-state index contributed by atoms with van der Waals surface area (Å²) in [5, 5.41) is 14.1. The Labute approximate surface area is 126 Å². The van der Waals surface area contributed by atoms with Crippen LogP contribution in [0.15, 0.2) is 41.2 Å². The number of fused-ring (bicyclic) bond motifs is 1. The minimum atomic E-state index is -1.11. The van der Waals surface area contributed by atoms with Gasteiger partial charge in [-0.15, -0.1) is 0 Å². The standard InChI is InChI=1S/C16H15N3O3/c1-9-8-12(20)17-15-13(9)14(16(21)22)18-19(15)10(2)11-6-4-3-5-7-11/h3-8,10H,1-2H3,(H,17,20)(H,21,22). The van der Waals surface area contributed by atoms with Gasteiger partial charge in [0.25, 0.3) is 0 Å². The number of hydrogen-bond acceptors (Lipinski definition) is 3. The van der Waals surface area contributed by atoms with E-state index in [1.807, 2.05) is 37.3 Å². The van der Waals surface area contributed by atoms with Crippen LogP contribution in [0.25, 0.3) is 11.0 Å². The van der Waals surface area contributed by atoms with Crippen molar-refractivity contribution in [1.82, 2.24) is 14.8 Å². The summed E-state index contributed by atoms with van der Waals surface area (Å²) in [4.78, 5) is 25.9. The summed E-state index contributed by atoms with van der Waals surface area (Å²) in [5.74, 6) is -1.11. The Morgan fingerprint density at radius 1 is 1.32 bits per heavy atom. The van der Waals surface area contributed by atoms with Crippen LogP contribution in [-0.4, -0.2) is 25.8 Å². The third-order valence-corrected chi connectivity index (χ3v) is 3.75. The molecule has 1 atom stereocenters. The van der Waals surface area contributed by atoms with Gasteiger partial charge in [-0.3, -0.25) is 4.79 Å². The van der Waals surface area contributed by atoms with Gasteiger partial charge in [-0.05, 0) is 25.0 Å². The van der Waals surface area contributed by atoms with E-state index in [1.54, 1.807) is 11.6 Å². The fraction of sp³-hybridized carbons (Fsp3) is 0.188. The molecule has 0 amide bonds. The lowest BCUT2D eigenvalue weighted by Crippen LogP contribution is -2.13. The van der Waals surface area contributed by atoms with Crippen LogP contribution in [0.5, 0.6) is 0 Å². The van der Waals surface area contributed by atoms with Gasteiger partial charge in [0, 0.05) is 6.07 Å². The van der Waals surface area contributed by atoms with Gasteiger partial charge < -0.3 is 10.1 Å². The van der Waals surface area contributed by atoms with Gasteiger partial charge in [0.1, 0.15) is 5.65 Å². The molecule has 3 rings (SSSR count). The molecule has 0 saturated carbocycles. The van der Waals surface area contributed by atoms with Gasteiger partial charge in [-0.25, -0.2) is 9.48 Å². The van der Waals surface area contributed by atoms with E-state index in [1.165, 1.54) is 6.07 Å². The van der Waals surface area contributed by atoms with E-state index in [0.29, 0.717) is 16.6 Å². The molecule has 0 fully saturated rings. The van der Waals surface area contributed by atoms with Crippen molar-refractivity contribution in [2.75, 3.05) is 0 Å². The van der Waals surface area contributed by atoms with Crippen molar-refractivity contribution in [2.24, 2.45) is 0 Å². The number of nitrogens with zero attached hydrogens (tertiary/aromatic N) is 2. The second-order valence-electron chi connectivity index (χ2n) is 5.23. The molecule has 1 unspecified atom stereocenters. The number of aromatic nitrogens is 3. The Hall–Kier alpha value is -2.89. The summed E-state index contributed by atoms with van der Waals surface area (Å²) in [6.45, 7) is 3.62. The number of pyridine rings is 1. The molecule has 112 valence electrons. The van der Waals surface area contributed by atoms with Crippen molar-refractivity contribution in [3.63, 3.8) is 0 Å². The predicted molar refractivity (Wildman–Crippen MR) is 82.3 cm³/mol. The first-order valence-corrected chi connectivity index (χ1v) is 6.89. The molecule has 3 aromatic rings. The lowest BCUT2D eigenvalue weighted by atomic mass is 10.1. The first kappa shape index (κ1) is 14.1. The van der Waals surface area contributed by atoms with Gasteiger partial charge in [-0.2, -0.15) is 5.10 Å². The third-order valence-electron chi connectivity index (χ3n) is 3.75. The summed E-state index contributed by atoms with van der Waals surface area (Å²) in [6, 6.07) is 10.8. The molecule has 0 radical (unpaired) electrons. The molecule has 2 N–H and O–H groups in total. The van der Waals surface area contributed by atoms with Crippen LogP contribution in [0.2, 0.25) is 0 Å². The predicted octanol–water partition coefficient (Wildman–Crippen LogP) is 2.34. The molecule has 0 aliphatic rings. The van der Waals surface area contributed by atoms with Crippen LogP contribution < -0.4 is 5.56 Å². The summed E-state index contributed by atoms with van der Waals surface area (Å²) in [6.07, 6.45) is 0. The number of nitrogens with one attached hydrogen (secondary N) is 1. The van der Waals surface area contributed by atoms with Crippen LogP contribution in [0.1, 0.15) is 34.6 Å². The zero-order chi connectivity index (χ0) is 15.9. The normalized spacial score (nSPS) is 12.5. The number of H-pyrrole nitrogens is 1. The van der Waals surface area contributed by atoms with E-state index in [4.69, 9.17) is 0 Å². The number of aryl methyl sites for hydroxylation is 1. The van der Waals surface area contributed by atoms with Gasteiger partial charge in [0.15, 0.2) is 5.69 Å². The number of aromatic carboxylic acids is 1. The van der Waals surface area contributed by atoms with Crippen molar-refractivity contribution in [1.29, 1.82) is 0 Å². The van der Waals surface area contributed by atoms with E-state index < -0.39 is 5.97 Å². The van der Waals surface area contributed by atoms with Crippen LogP contribution in [-0.2, 0) is 0 Å². The maximum absolute atomic E-state index is 11.8. The average molecular weight is 297 g/mol. The van der Waals surface area contributed by atoms with Crippen molar-refractivity contribution < 1.29 is 9.90 Å². The number of aromatic amines is 1. The van der Waals surface area contributed by atoms with Crippen molar-refractivity contribution in [3.8, 4) is 0 Å². The van der Waals surface area contributed by atoms with Gasteiger partial charge in [0.2, 0.25) is 5.56 Å². The highest BCUT2D eigenvalue weighted by Crippen LogP contribution is 2.25. The van der Waals surface area contributed by atoms with Crippen LogP contribution in [0.4, 0.5) is 0 Å². The topological polar surface area (TPSA) is 88.0 Å². The molecule has 0 spiro atoms. The molecule has 6 heteroatoms. The summed E-state index contributed by atoms with van der Waals surface area (Å²) in [5.41, 5.74) is 1.68. The van der Waals surface area contributed by atoms with E-state index in [9.17, 15) is 14.7 Å². The van der Waals surface area contributed by atoms with Crippen LogP contribution >= 0.6 is 0 Å². The Kier molecular flexibility index (Phi) is 3.29. The Morgan fingerprint density at radius 2 is 2.00 bits per heavy atom. The first-order valence-electron chi connectivity index (χ1n) is 6.89. The van der Waals surface area contributed by atoms with Crippen LogP contribution in [0, 0.1) is 6.92 Å². The smallest absolute Gasteiger partial charge is 0.357 e. The quantitative estimate of drug-likeness (QED) is 0.776. The SMILES string of the molecule is Cc1cc(=O)[nH]c2c1c(C(=O)O)nn2C(C)c1ccccc1. The molecular formula is C16H15N3O3. The summed E-state index contributed by atoms with van der Waals surface area (Å²) >= 11 is 0. The van der Waals surface area contributed by atoms with Gasteiger partial charge in [0.05, 0.1) is 11.4 Å². The molecule has 22 heavy (non-hydrogen) atoms. The third kappa shape index (κ3) is 2.18. The van der Waals surface area contributed by atoms with E-state index in [2.05, 4.69) is 10.1 Å². The van der Waals surface area contributed by atoms with E-state index in [-0.39, 0.29) is 17.3 Å². The second-order valence-corrected chi connectivity index (χ2v) is 5.23. The largest absolute Gasteiger partial charge is 0.476 e. The highest BCUT2D eigenvalue weighted by atomic mass is 16.4. The number of carboxylic acid groups (broad SMARTS) is 1. The van der Waals surface area contributed by atoms with E-state index >= 15 is 0 Å². The number of rotatable bonds is 3. The molecule has 0 saturated heterocycles.